The number of likely N-dealkylation sites (tertiary alicyclic amines) is 1. The van der Waals surface area contributed by atoms with Crippen molar-refractivity contribution in [3.63, 3.8) is 0 Å². The zero-order chi connectivity index (χ0) is 23.3. The fraction of sp³-hybridized carbons (Fsp3) is 0.333. The van der Waals surface area contributed by atoms with Gasteiger partial charge in [-0.15, -0.1) is 0 Å². The van der Waals surface area contributed by atoms with Crippen LogP contribution in [0.15, 0.2) is 30.5 Å². The van der Waals surface area contributed by atoms with Crippen LogP contribution >= 0.6 is 0 Å². The quantitative estimate of drug-likeness (QED) is 0.493. The van der Waals surface area contributed by atoms with Gasteiger partial charge < -0.3 is 0 Å². The van der Waals surface area contributed by atoms with Crippen molar-refractivity contribution in [2.45, 2.75) is 12.3 Å². The molecule has 0 bridgehead atoms. The van der Waals surface area contributed by atoms with E-state index in [-0.39, 0.29) is 10.9 Å². The molecule has 1 aromatic heterocycles. The molecule has 13 heteroatoms. The van der Waals surface area contributed by atoms with Crippen molar-refractivity contribution in [1.82, 2.24) is 15.2 Å². The van der Waals surface area contributed by atoms with Crippen molar-refractivity contribution in [3.8, 4) is 0 Å². The van der Waals surface area contributed by atoms with Gasteiger partial charge in [-0.3, -0.25) is 0 Å². The molecule has 1 saturated heterocycles. The number of anilines is 1. The third kappa shape index (κ3) is 7.24. The molecule has 3 rings (SSSR count). The van der Waals surface area contributed by atoms with E-state index in [4.69, 9.17) is 4.78 Å². The van der Waals surface area contributed by atoms with E-state index in [1.165, 1.54) is 6.20 Å². The predicted molar refractivity (Wildman–Crippen MR) is 106 cm³/mol. The van der Waals surface area contributed by atoms with Crippen molar-refractivity contribution in [1.29, 1.82) is 4.78 Å². The van der Waals surface area contributed by atoms with Crippen LogP contribution in [0, 0.1) is 4.78 Å². The van der Waals surface area contributed by atoms with E-state index in [0.717, 1.165) is 10.6 Å². The second-order valence-corrected chi connectivity index (χ2v) is 11.2. The summed E-state index contributed by atoms with van der Waals surface area (Å²) in [6, 6.07) is 7.12. The van der Waals surface area contributed by atoms with Crippen molar-refractivity contribution in [3.05, 3.63) is 36.0 Å². The molecule has 0 saturated carbocycles. The first-order valence-corrected chi connectivity index (χ1v) is 14.1. The van der Waals surface area contributed by atoms with Crippen molar-refractivity contribution < 1.29 is 57.2 Å². The molecule has 2 heterocycles. The number of aromatic nitrogens is 1. The van der Waals surface area contributed by atoms with Crippen LogP contribution in [0.5, 0.6) is 0 Å². The molecule has 31 heavy (non-hydrogen) atoms. The molecular formula is C18H19F3N5O2SVW-. The summed E-state index contributed by atoms with van der Waals surface area (Å²) in [5, 5.41) is 3.18. The van der Waals surface area contributed by atoms with E-state index in [0.29, 0.717) is 34.5 Å². The number of carbonyl (C=O) groups excluding carboxylic acids is 2. The maximum atomic E-state index is 13.4. The fourth-order valence-corrected chi connectivity index (χ4v) is 3.54. The van der Waals surface area contributed by atoms with Crippen LogP contribution in [0.3, 0.4) is 0 Å². The third-order valence-corrected chi connectivity index (χ3v) is 4.93. The molecule has 167 valence electrons. The second kappa shape index (κ2) is 10.9. The zero-order valence-corrected chi connectivity index (χ0v) is 21.7. The molecule has 1 aliphatic heterocycles. The second-order valence-electron chi connectivity index (χ2n) is 6.79. The Morgan fingerprint density at radius 2 is 2.03 bits per heavy atom. The number of hydrogen-bond acceptors (Lipinski definition) is 6. The first kappa shape index (κ1) is 25.7. The Morgan fingerprint density at radius 3 is 2.58 bits per heavy atom. The Balaban J connectivity index is 0.000000785. The number of amides is 2. The molecule has 0 unspecified atom stereocenters. The van der Waals surface area contributed by atoms with Crippen LogP contribution in [0.1, 0.15) is 16.8 Å². The van der Waals surface area contributed by atoms with Gasteiger partial charge >= 0.3 is 199 Å². The molecule has 2 amide bonds. The van der Waals surface area contributed by atoms with Gasteiger partial charge in [-0.25, -0.2) is 0 Å². The molecule has 0 radical (unpaired) electrons. The van der Waals surface area contributed by atoms with Gasteiger partial charge in [-0.1, -0.05) is 0 Å². The summed E-state index contributed by atoms with van der Waals surface area (Å²) in [7, 11) is 2.25. The van der Waals surface area contributed by atoms with Crippen molar-refractivity contribution in [2.24, 2.45) is 0 Å². The van der Waals surface area contributed by atoms with Gasteiger partial charge in [0.15, 0.2) is 0 Å². The Bertz CT molecular complexity index is 1090. The van der Waals surface area contributed by atoms with E-state index in [2.05, 4.69) is 10.3 Å². The molecule has 0 aliphatic carbocycles. The Labute approximate surface area is 198 Å². The van der Waals surface area contributed by atoms with Gasteiger partial charge in [-0.2, -0.15) is 0 Å². The number of alkyl halides is 2. The first-order chi connectivity index (χ1) is 14.4. The maximum absolute atomic E-state index is 13.4. The van der Waals surface area contributed by atoms with Gasteiger partial charge in [0, 0.05) is 0 Å². The summed E-state index contributed by atoms with van der Waals surface area (Å²) in [6.07, 6.45) is 1.06. The summed E-state index contributed by atoms with van der Waals surface area (Å²) in [5.74, 6) is -3.94. The van der Waals surface area contributed by atoms with E-state index in [1.54, 1.807) is 6.07 Å². The van der Waals surface area contributed by atoms with E-state index in [1.807, 2.05) is 54.2 Å². The number of pyridine rings is 1. The molecule has 0 atom stereocenters. The van der Waals surface area contributed by atoms with Gasteiger partial charge in [0.25, 0.3) is 0 Å². The Hall–Kier alpha value is -1.55. The van der Waals surface area contributed by atoms with E-state index < -0.39 is 39.0 Å². The zero-order valence-electron chi connectivity index (χ0n) is 16.6. The van der Waals surface area contributed by atoms with Gasteiger partial charge in [-0.05, 0) is 0 Å². The summed E-state index contributed by atoms with van der Waals surface area (Å²) < 4.78 is 43.8. The van der Waals surface area contributed by atoms with E-state index >= 15 is 0 Å². The standard InChI is InChI=1S/C18H18F2N4O2.FHNS.V.W/c1-23(2)12-3-4-15-14(9-12)13(5-7-21-15)17(26)22-10-16(25)24-8-6-18(19,20)11-24;1-3-2;;/h3-5,7,9H,6,10-11H2,1-2H3,(H,22,26);2H;;/q;+1;;-2. The number of benzene rings is 1. The molecular weight excluding hydrogens is 642 g/mol. The molecule has 1 fully saturated rings. The topological polar surface area (TPSA) is 89.4 Å². The van der Waals surface area contributed by atoms with Gasteiger partial charge in [0.05, 0.1) is 0 Å². The van der Waals surface area contributed by atoms with Crippen LogP contribution in [0.25, 0.3) is 10.9 Å². The fourth-order valence-electron chi connectivity index (χ4n) is 2.89. The number of hydrogen-bond donors (Lipinski definition) is 2. The minimum absolute atomic E-state index is 0.247. The third-order valence-electron chi connectivity index (χ3n) is 4.31. The SMILES string of the molecule is CN(C)c1ccc2nccc(C(=O)NCC(=O)N3CC(F)(F)C[C]3=[V])c2c1.N=[S-](F)=[W]. The molecule has 0 spiro atoms. The van der Waals surface area contributed by atoms with E-state index in [9.17, 15) is 22.3 Å². The number of halogens is 3. The molecule has 2 aromatic rings. The van der Waals surface area contributed by atoms with Crippen LogP contribution in [-0.4, -0.2) is 59.2 Å². The van der Waals surface area contributed by atoms with Crippen molar-refractivity contribution in [2.75, 3.05) is 32.1 Å². The van der Waals surface area contributed by atoms with Crippen LogP contribution < -0.4 is 10.2 Å². The average Bonchev–Trinajstić information content (AvgIpc) is 2.96. The summed E-state index contributed by atoms with van der Waals surface area (Å²) in [4.78, 5) is 32.0. The number of nitrogens with one attached hydrogen (secondary N) is 2. The Kier molecular flexibility index (Phi) is 9.00. The minimum atomic E-state index is -2.92. The molecule has 1 aromatic carbocycles. The monoisotopic (exact) mass is 661 g/mol. The number of fused-ring (bicyclic) bond motifs is 1. The summed E-state index contributed by atoms with van der Waals surface area (Å²) >= 11 is 2.70. The number of nitrogens with zero attached hydrogens (tertiary/aromatic N) is 3. The predicted octanol–water partition coefficient (Wildman–Crippen LogP) is 2.29. The van der Waals surface area contributed by atoms with Crippen LogP contribution in [0.2, 0.25) is 0 Å². The number of carbonyl (C=O) groups is 2. The first-order valence-electron chi connectivity index (χ1n) is 8.78. The normalized spacial score (nSPS) is 14.9. The van der Waals surface area contributed by atoms with Gasteiger partial charge in [0.1, 0.15) is 0 Å². The van der Waals surface area contributed by atoms with Crippen LogP contribution in [-0.2, 0) is 48.0 Å². The molecule has 1 aliphatic rings. The molecule has 2 N–H and O–H groups in total. The van der Waals surface area contributed by atoms with Crippen LogP contribution in [0.4, 0.5) is 18.4 Å². The Morgan fingerprint density at radius 1 is 1.39 bits per heavy atom. The van der Waals surface area contributed by atoms with Gasteiger partial charge in [0.2, 0.25) is 0 Å². The summed E-state index contributed by atoms with van der Waals surface area (Å²) in [5.41, 5.74) is 1.93. The number of rotatable bonds is 4. The van der Waals surface area contributed by atoms with Crippen molar-refractivity contribution >= 4 is 41.0 Å². The molecule has 7 nitrogen and oxygen atoms in total. The summed E-state index contributed by atoms with van der Waals surface area (Å²) in [6.45, 7) is -1.01. The average molecular weight is 661 g/mol.